The van der Waals surface area contributed by atoms with Crippen LogP contribution in [-0.4, -0.2) is 37.5 Å². The molecule has 0 aliphatic carbocycles. The van der Waals surface area contributed by atoms with Crippen LogP contribution in [0.2, 0.25) is 0 Å². The van der Waals surface area contributed by atoms with Crippen molar-refractivity contribution in [1.82, 2.24) is 4.57 Å². The van der Waals surface area contributed by atoms with Crippen LogP contribution in [0.15, 0.2) is 87.8 Å². The van der Waals surface area contributed by atoms with Gasteiger partial charge in [0.25, 0.3) is 5.56 Å². The fraction of sp³-hybridized carbons (Fsp3) is 0.258. The van der Waals surface area contributed by atoms with Gasteiger partial charge in [-0.1, -0.05) is 78.9 Å². The molecule has 1 aliphatic heterocycles. The largest absolute Gasteiger partial charge is 0.493 e. The second-order valence-corrected chi connectivity index (χ2v) is 10.2. The van der Waals surface area contributed by atoms with Crippen molar-refractivity contribution in [2.24, 2.45) is 4.99 Å². The van der Waals surface area contributed by atoms with Crippen LogP contribution in [0, 0.1) is 0 Å². The number of nitrogens with zero attached hydrogens (tertiary/aromatic N) is 2. The minimum Gasteiger partial charge on any atom is -0.493 e. The quantitative estimate of drug-likeness (QED) is 0.232. The number of methoxy groups -OCH3 is 1. The minimum atomic E-state index is -0.751. The SMILES string of the molecule is CCCOc1ccccc1[C@@H]1C(C(=O)OCCOC)=C(C)N=c2s/c(=C/c3cccc4ccccc34)c(=O)n21. The van der Waals surface area contributed by atoms with E-state index in [0.29, 0.717) is 38.5 Å². The van der Waals surface area contributed by atoms with E-state index in [9.17, 15) is 9.59 Å². The van der Waals surface area contributed by atoms with Gasteiger partial charge < -0.3 is 14.2 Å². The van der Waals surface area contributed by atoms with Crippen LogP contribution in [-0.2, 0) is 14.3 Å². The van der Waals surface area contributed by atoms with Crippen molar-refractivity contribution in [3.63, 3.8) is 0 Å². The number of ether oxygens (including phenoxy) is 3. The van der Waals surface area contributed by atoms with E-state index >= 15 is 0 Å². The number of thiazole rings is 1. The van der Waals surface area contributed by atoms with Crippen molar-refractivity contribution in [2.75, 3.05) is 26.9 Å². The standard InChI is InChI=1S/C31H30N2O5S/c1-4-16-37-25-15-8-7-14-24(25)28-27(30(35)38-18-17-36-3)20(2)32-31-33(28)29(34)26(39-31)19-22-12-9-11-21-10-5-6-13-23(21)22/h5-15,19,28H,4,16-18H2,1-3H3/b26-19+/t28-/m1/s1. The lowest BCUT2D eigenvalue weighted by Gasteiger charge is -2.26. The van der Waals surface area contributed by atoms with Crippen LogP contribution >= 0.6 is 11.3 Å². The first-order valence-electron chi connectivity index (χ1n) is 12.9. The Morgan fingerprint density at radius 3 is 2.62 bits per heavy atom. The summed E-state index contributed by atoms with van der Waals surface area (Å²) in [5.41, 5.74) is 2.23. The van der Waals surface area contributed by atoms with Crippen LogP contribution in [0.5, 0.6) is 5.75 Å². The van der Waals surface area contributed by atoms with Gasteiger partial charge in [-0.2, -0.15) is 0 Å². The van der Waals surface area contributed by atoms with E-state index in [1.54, 1.807) is 18.6 Å². The summed E-state index contributed by atoms with van der Waals surface area (Å²) in [6.45, 7) is 4.68. The van der Waals surface area contributed by atoms with E-state index in [4.69, 9.17) is 19.2 Å². The number of hydrogen-bond donors (Lipinski definition) is 0. The maximum absolute atomic E-state index is 14.0. The Balaban J connectivity index is 1.71. The average molecular weight is 543 g/mol. The molecule has 7 nitrogen and oxygen atoms in total. The molecule has 8 heteroatoms. The summed E-state index contributed by atoms with van der Waals surface area (Å²) in [5, 5.41) is 2.15. The molecule has 1 aliphatic rings. The van der Waals surface area contributed by atoms with Crippen LogP contribution in [0.25, 0.3) is 16.8 Å². The molecule has 0 fully saturated rings. The summed E-state index contributed by atoms with van der Waals surface area (Å²) in [6, 6.07) is 20.9. The van der Waals surface area contributed by atoms with Crippen molar-refractivity contribution in [3.8, 4) is 5.75 Å². The van der Waals surface area contributed by atoms with Gasteiger partial charge in [0, 0.05) is 12.7 Å². The summed E-state index contributed by atoms with van der Waals surface area (Å²) in [7, 11) is 1.55. The van der Waals surface area contributed by atoms with Gasteiger partial charge in [-0.15, -0.1) is 0 Å². The zero-order valence-electron chi connectivity index (χ0n) is 22.2. The van der Waals surface area contributed by atoms with Gasteiger partial charge in [0.15, 0.2) is 4.80 Å². The smallest absolute Gasteiger partial charge is 0.338 e. The van der Waals surface area contributed by atoms with Crippen LogP contribution in [0.3, 0.4) is 0 Å². The molecule has 0 spiro atoms. The zero-order valence-corrected chi connectivity index (χ0v) is 23.0. The molecule has 4 aromatic rings. The van der Waals surface area contributed by atoms with Gasteiger partial charge in [-0.05, 0) is 41.8 Å². The van der Waals surface area contributed by atoms with Crippen LogP contribution < -0.4 is 19.6 Å². The van der Waals surface area contributed by atoms with E-state index in [0.717, 1.165) is 22.8 Å². The summed E-state index contributed by atoms with van der Waals surface area (Å²) in [6.07, 6.45) is 2.72. The van der Waals surface area contributed by atoms with Gasteiger partial charge in [0.05, 0.1) is 29.0 Å². The highest BCUT2D eigenvalue weighted by Gasteiger charge is 2.35. The highest BCUT2D eigenvalue weighted by molar-refractivity contribution is 7.07. The number of aromatic nitrogens is 1. The van der Waals surface area contributed by atoms with E-state index in [1.165, 1.54) is 11.3 Å². The molecule has 0 radical (unpaired) electrons. The number of carbonyl (C=O) groups excluding carboxylic acids is 1. The predicted octanol–water partition coefficient (Wildman–Crippen LogP) is 4.37. The molecule has 200 valence electrons. The van der Waals surface area contributed by atoms with E-state index in [-0.39, 0.29) is 18.8 Å². The number of rotatable bonds is 9. The maximum atomic E-state index is 14.0. The third kappa shape index (κ3) is 5.30. The summed E-state index contributed by atoms with van der Waals surface area (Å²) in [4.78, 5) is 32.7. The molecule has 2 heterocycles. The third-order valence-electron chi connectivity index (χ3n) is 6.55. The molecule has 0 N–H and O–H groups in total. The van der Waals surface area contributed by atoms with Crippen molar-refractivity contribution >= 4 is 34.2 Å². The molecular weight excluding hydrogens is 512 g/mol. The van der Waals surface area contributed by atoms with E-state index < -0.39 is 12.0 Å². The van der Waals surface area contributed by atoms with Gasteiger partial charge >= 0.3 is 5.97 Å². The molecular formula is C31H30N2O5S. The lowest BCUT2D eigenvalue weighted by molar-refractivity contribution is -0.140. The molecule has 5 rings (SSSR count). The Bertz CT molecular complexity index is 1730. The Morgan fingerprint density at radius 2 is 1.79 bits per heavy atom. The number of benzene rings is 3. The molecule has 0 bridgehead atoms. The van der Waals surface area contributed by atoms with E-state index in [1.807, 2.05) is 79.7 Å². The van der Waals surface area contributed by atoms with Gasteiger partial charge in [-0.25, -0.2) is 9.79 Å². The number of hydrogen-bond acceptors (Lipinski definition) is 7. The average Bonchev–Trinajstić information content (AvgIpc) is 3.25. The van der Waals surface area contributed by atoms with Gasteiger partial charge in [0.2, 0.25) is 0 Å². The Labute approximate surface area is 230 Å². The number of fused-ring (bicyclic) bond motifs is 2. The number of para-hydroxylation sites is 1. The molecule has 1 aromatic heterocycles. The van der Waals surface area contributed by atoms with Crippen LogP contribution in [0.1, 0.15) is 37.4 Å². The fourth-order valence-corrected chi connectivity index (χ4v) is 5.78. The molecule has 3 aromatic carbocycles. The number of carbonyl (C=O) groups is 1. The number of esters is 1. The third-order valence-corrected chi connectivity index (χ3v) is 7.53. The highest BCUT2D eigenvalue weighted by atomic mass is 32.1. The van der Waals surface area contributed by atoms with Gasteiger partial charge in [0.1, 0.15) is 18.4 Å². The molecule has 1 atom stereocenters. The van der Waals surface area contributed by atoms with Gasteiger partial charge in [-0.3, -0.25) is 9.36 Å². The second-order valence-electron chi connectivity index (χ2n) is 9.17. The fourth-order valence-electron chi connectivity index (χ4n) is 4.74. The summed E-state index contributed by atoms with van der Waals surface area (Å²) < 4.78 is 18.8. The normalized spacial score (nSPS) is 15.3. The Kier molecular flexibility index (Phi) is 8.05. The highest BCUT2D eigenvalue weighted by Crippen LogP contribution is 2.36. The first kappa shape index (κ1) is 26.6. The number of allylic oxidation sites excluding steroid dienone is 1. The zero-order chi connectivity index (χ0) is 27.4. The van der Waals surface area contributed by atoms with Crippen molar-refractivity contribution in [2.45, 2.75) is 26.3 Å². The maximum Gasteiger partial charge on any atom is 0.338 e. The van der Waals surface area contributed by atoms with Crippen molar-refractivity contribution in [1.29, 1.82) is 0 Å². The molecule has 0 saturated carbocycles. The van der Waals surface area contributed by atoms with Crippen molar-refractivity contribution < 1.29 is 19.0 Å². The first-order chi connectivity index (χ1) is 19.0. The Morgan fingerprint density at radius 1 is 1.03 bits per heavy atom. The summed E-state index contributed by atoms with van der Waals surface area (Å²) in [5.74, 6) is 0.0804. The van der Waals surface area contributed by atoms with Crippen LogP contribution in [0.4, 0.5) is 0 Å². The molecule has 39 heavy (non-hydrogen) atoms. The lowest BCUT2D eigenvalue weighted by atomic mass is 9.95. The topological polar surface area (TPSA) is 79.1 Å². The molecule has 0 amide bonds. The minimum absolute atomic E-state index is 0.0956. The molecule has 0 saturated heterocycles. The second kappa shape index (κ2) is 11.8. The Hall–Kier alpha value is -4.01. The predicted molar refractivity (Wildman–Crippen MR) is 153 cm³/mol. The monoisotopic (exact) mass is 542 g/mol. The first-order valence-corrected chi connectivity index (χ1v) is 13.7. The molecule has 0 unspecified atom stereocenters. The van der Waals surface area contributed by atoms with Crippen molar-refractivity contribution in [3.05, 3.63) is 109 Å². The summed E-state index contributed by atoms with van der Waals surface area (Å²) >= 11 is 1.31. The van der Waals surface area contributed by atoms with E-state index in [2.05, 4.69) is 0 Å². The lowest BCUT2D eigenvalue weighted by Crippen LogP contribution is -2.40.